The first-order chi connectivity index (χ1) is 9.33. The van der Waals surface area contributed by atoms with Crippen molar-refractivity contribution in [3.8, 4) is 5.75 Å². The number of hydrogen-bond donors (Lipinski definition) is 1. The van der Waals surface area contributed by atoms with E-state index >= 15 is 0 Å². The summed E-state index contributed by atoms with van der Waals surface area (Å²) in [5.74, 6) is 1.02. The number of para-hydroxylation sites is 1. The predicted molar refractivity (Wildman–Crippen MR) is 79.8 cm³/mol. The van der Waals surface area contributed by atoms with Gasteiger partial charge >= 0.3 is 0 Å². The normalized spacial score (nSPS) is 20.4. The van der Waals surface area contributed by atoms with Crippen LogP contribution in [0.5, 0.6) is 5.75 Å². The number of benzene rings is 1. The Morgan fingerprint density at radius 3 is 3.00 bits per heavy atom. The van der Waals surface area contributed by atoms with Crippen molar-refractivity contribution >= 4 is 0 Å². The summed E-state index contributed by atoms with van der Waals surface area (Å²) in [6, 6.07) is 9.02. The molecule has 3 heteroatoms. The molecule has 3 nitrogen and oxygen atoms in total. The minimum absolute atomic E-state index is 0.677. The third kappa shape index (κ3) is 4.22. The smallest absolute Gasteiger partial charge is 0.122 e. The van der Waals surface area contributed by atoms with Gasteiger partial charge in [0.1, 0.15) is 5.75 Å². The van der Waals surface area contributed by atoms with Gasteiger partial charge in [0.2, 0.25) is 0 Å². The van der Waals surface area contributed by atoms with Gasteiger partial charge in [0, 0.05) is 32.2 Å². The lowest BCUT2D eigenvalue weighted by atomic mass is 10.1. The number of ether oxygens (including phenoxy) is 1. The van der Waals surface area contributed by atoms with Crippen molar-refractivity contribution in [3.63, 3.8) is 0 Å². The van der Waals surface area contributed by atoms with Crippen LogP contribution in [0.25, 0.3) is 0 Å². The minimum Gasteiger partial charge on any atom is -0.496 e. The molecule has 0 aromatic heterocycles. The monoisotopic (exact) mass is 262 g/mol. The van der Waals surface area contributed by atoms with Crippen LogP contribution in [0.4, 0.5) is 0 Å². The van der Waals surface area contributed by atoms with Gasteiger partial charge in [0.05, 0.1) is 7.11 Å². The quantitative estimate of drug-likeness (QED) is 0.851. The van der Waals surface area contributed by atoms with Gasteiger partial charge in [0.15, 0.2) is 0 Å². The molecule has 1 unspecified atom stereocenters. The van der Waals surface area contributed by atoms with Crippen molar-refractivity contribution in [1.29, 1.82) is 0 Å². The first-order valence-electron chi connectivity index (χ1n) is 7.41. The molecule has 1 N–H and O–H groups in total. The van der Waals surface area contributed by atoms with Crippen molar-refractivity contribution in [2.75, 3.05) is 33.3 Å². The summed E-state index contributed by atoms with van der Waals surface area (Å²) in [6.07, 6.45) is 3.62. The maximum Gasteiger partial charge on any atom is 0.122 e. The molecule has 1 saturated heterocycles. The molecular weight excluding hydrogens is 236 g/mol. The third-order valence-corrected chi connectivity index (χ3v) is 3.87. The summed E-state index contributed by atoms with van der Waals surface area (Å²) in [6.45, 7) is 6.85. The van der Waals surface area contributed by atoms with Crippen LogP contribution >= 0.6 is 0 Å². The summed E-state index contributed by atoms with van der Waals surface area (Å²) in [7, 11) is 1.75. The molecule has 1 fully saturated rings. The molecule has 0 bridgehead atoms. The fourth-order valence-electron chi connectivity index (χ4n) is 2.83. The Kier molecular flexibility index (Phi) is 5.67. The zero-order valence-corrected chi connectivity index (χ0v) is 12.2. The summed E-state index contributed by atoms with van der Waals surface area (Å²) in [4.78, 5) is 2.57. The van der Waals surface area contributed by atoms with Gasteiger partial charge in [-0.25, -0.2) is 0 Å². The lowest BCUT2D eigenvalue weighted by molar-refractivity contribution is 0.195. The van der Waals surface area contributed by atoms with Gasteiger partial charge in [-0.1, -0.05) is 31.5 Å². The van der Waals surface area contributed by atoms with Gasteiger partial charge < -0.3 is 15.0 Å². The molecule has 1 atom stereocenters. The fraction of sp³-hybridized carbons (Fsp3) is 0.625. The Bertz CT molecular complexity index is 379. The van der Waals surface area contributed by atoms with Gasteiger partial charge in [-0.15, -0.1) is 0 Å². The molecule has 1 aliphatic rings. The molecule has 0 aliphatic carbocycles. The van der Waals surface area contributed by atoms with Gasteiger partial charge in [0.25, 0.3) is 0 Å². The molecule has 0 radical (unpaired) electrons. The zero-order valence-electron chi connectivity index (χ0n) is 12.2. The van der Waals surface area contributed by atoms with Crippen LogP contribution in [-0.2, 0) is 6.42 Å². The Balaban J connectivity index is 1.84. The Hall–Kier alpha value is -1.06. The van der Waals surface area contributed by atoms with Crippen LogP contribution in [0.2, 0.25) is 0 Å². The minimum atomic E-state index is 0.677. The van der Waals surface area contributed by atoms with E-state index in [4.69, 9.17) is 4.74 Å². The Morgan fingerprint density at radius 1 is 1.37 bits per heavy atom. The molecule has 19 heavy (non-hydrogen) atoms. The highest BCUT2D eigenvalue weighted by atomic mass is 16.5. The van der Waals surface area contributed by atoms with Crippen LogP contribution < -0.4 is 10.1 Å². The largest absolute Gasteiger partial charge is 0.496 e. The van der Waals surface area contributed by atoms with E-state index in [9.17, 15) is 0 Å². The fourth-order valence-corrected chi connectivity index (χ4v) is 2.83. The molecule has 0 amide bonds. The number of piperazine rings is 1. The van der Waals surface area contributed by atoms with Crippen molar-refractivity contribution in [1.82, 2.24) is 10.2 Å². The second kappa shape index (κ2) is 7.51. The summed E-state index contributed by atoms with van der Waals surface area (Å²) >= 11 is 0. The van der Waals surface area contributed by atoms with E-state index in [1.807, 2.05) is 12.1 Å². The first-order valence-corrected chi connectivity index (χ1v) is 7.41. The van der Waals surface area contributed by atoms with E-state index in [2.05, 4.69) is 29.3 Å². The number of nitrogens with one attached hydrogen (secondary N) is 1. The van der Waals surface area contributed by atoms with Gasteiger partial charge in [-0.05, 0) is 24.5 Å². The molecule has 1 aliphatic heterocycles. The maximum absolute atomic E-state index is 5.41. The van der Waals surface area contributed by atoms with E-state index in [1.54, 1.807) is 7.11 Å². The van der Waals surface area contributed by atoms with Crippen molar-refractivity contribution in [2.45, 2.75) is 32.2 Å². The molecule has 0 spiro atoms. The summed E-state index contributed by atoms with van der Waals surface area (Å²) < 4.78 is 5.41. The maximum atomic E-state index is 5.41. The third-order valence-electron chi connectivity index (χ3n) is 3.87. The highest BCUT2D eigenvalue weighted by Gasteiger charge is 2.18. The van der Waals surface area contributed by atoms with Crippen LogP contribution in [0.3, 0.4) is 0 Å². The SMILES string of the molecule is CCCC1CN(CCc2ccccc2OC)CCN1. The standard InChI is InChI=1S/C16H26N2O/c1-3-6-15-13-18(12-10-17-15)11-9-14-7-4-5-8-16(14)19-2/h4-5,7-8,15,17H,3,6,9-13H2,1-2H3. The van der Waals surface area contributed by atoms with Crippen molar-refractivity contribution in [3.05, 3.63) is 29.8 Å². The van der Waals surface area contributed by atoms with Crippen molar-refractivity contribution in [2.24, 2.45) is 0 Å². The average Bonchev–Trinajstić information content (AvgIpc) is 2.46. The second-order valence-corrected chi connectivity index (χ2v) is 5.30. The van der Waals surface area contributed by atoms with E-state index in [0.29, 0.717) is 6.04 Å². The molecule has 1 aromatic rings. The molecule has 0 saturated carbocycles. The van der Waals surface area contributed by atoms with Crippen LogP contribution in [-0.4, -0.2) is 44.2 Å². The first kappa shape index (κ1) is 14.4. The number of hydrogen-bond acceptors (Lipinski definition) is 3. The van der Waals surface area contributed by atoms with Crippen LogP contribution in [0.15, 0.2) is 24.3 Å². The molecular formula is C16H26N2O. The highest BCUT2D eigenvalue weighted by molar-refractivity contribution is 5.33. The number of methoxy groups -OCH3 is 1. The topological polar surface area (TPSA) is 24.5 Å². The highest BCUT2D eigenvalue weighted by Crippen LogP contribution is 2.18. The number of nitrogens with zero attached hydrogens (tertiary/aromatic N) is 1. The second-order valence-electron chi connectivity index (χ2n) is 5.30. The van der Waals surface area contributed by atoms with Crippen LogP contribution in [0, 0.1) is 0 Å². The lowest BCUT2D eigenvalue weighted by Gasteiger charge is -2.33. The van der Waals surface area contributed by atoms with Crippen LogP contribution in [0.1, 0.15) is 25.3 Å². The van der Waals surface area contributed by atoms with E-state index in [0.717, 1.165) is 31.8 Å². The Morgan fingerprint density at radius 2 is 2.21 bits per heavy atom. The molecule has 106 valence electrons. The van der Waals surface area contributed by atoms with Gasteiger partial charge in [-0.3, -0.25) is 0 Å². The molecule has 1 heterocycles. The molecule has 2 rings (SSSR count). The molecule has 1 aromatic carbocycles. The van der Waals surface area contributed by atoms with Gasteiger partial charge in [-0.2, -0.15) is 0 Å². The van der Waals surface area contributed by atoms with E-state index in [-0.39, 0.29) is 0 Å². The summed E-state index contributed by atoms with van der Waals surface area (Å²) in [5, 5.41) is 3.60. The van der Waals surface area contributed by atoms with E-state index < -0.39 is 0 Å². The Labute approximate surface area is 116 Å². The van der Waals surface area contributed by atoms with Crippen molar-refractivity contribution < 1.29 is 4.74 Å². The van der Waals surface area contributed by atoms with E-state index in [1.165, 1.54) is 24.9 Å². The average molecular weight is 262 g/mol. The zero-order chi connectivity index (χ0) is 13.5. The lowest BCUT2D eigenvalue weighted by Crippen LogP contribution is -2.50. The predicted octanol–water partition coefficient (Wildman–Crippen LogP) is 2.31. The number of rotatable bonds is 6. The summed E-state index contributed by atoms with van der Waals surface area (Å²) in [5.41, 5.74) is 1.32.